The molecule has 0 aliphatic carbocycles. The molecule has 7 heteroatoms. The molecule has 24 heavy (non-hydrogen) atoms. The van der Waals surface area contributed by atoms with Crippen molar-refractivity contribution in [1.29, 1.82) is 0 Å². The molecule has 2 aromatic rings. The van der Waals surface area contributed by atoms with Crippen molar-refractivity contribution in [2.45, 2.75) is 25.4 Å². The third-order valence-electron chi connectivity index (χ3n) is 5.16. The minimum Gasteiger partial charge on any atom is -0.337 e. The average Bonchev–Trinajstić information content (AvgIpc) is 2.83. The van der Waals surface area contributed by atoms with Crippen LogP contribution in [0, 0.1) is 5.92 Å². The Hall–Kier alpha value is -2.28. The highest BCUT2D eigenvalue weighted by Gasteiger charge is 2.37. The van der Waals surface area contributed by atoms with Crippen molar-refractivity contribution in [2.24, 2.45) is 13.0 Å². The summed E-state index contributed by atoms with van der Waals surface area (Å²) < 4.78 is 2.07. The van der Waals surface area contributed by atoms with Crippen LogP contribution in [0.5, 0.6) is 0 Å². The van der Waals surface area contributed by atoms with Gasteiger partial charge in [0.2, 0.25) is 0 Å². The maximum atomic E-state index is 12.7. The number of amides is 1. The van der Waals surface area contributed by atoms with E-state index in [0.29, 0.717) is 17.7 Å². The molecule has 2 aromatic heterocycles. The van der Waals surface area contributed by atoms with E-state index in [9.17, 15) is 4.79 Å². The summed E-state index contributed by atoms with van der Waals surface area (Å²) >= 11 is 0. The summed E-state index contributed by atoms with van der Waals surface area (Å²) in [7, 11) is 2.03. The molecule has 0 saturated carbocycles. The van der Waals surface area contributed by atoms with Gasteiger partial charge < -0.3 is 9.47 Å². The molecule has 3 saturated heterocycles. The van der Waals surface area contributed by atoms with Crippen LogP contribution < -0.4 is 0 Å². The predicted molar refractivity (Wildman–Crippen MR) is 88.1 cm³/mol. The number of aromatic nitrogens is 4. The molecule has 0 N–H and O–H groups in total. The molecule has 1 amide bonds. The summed E-state index contributed by atoms with van der Waals surface area (Å²) in [4.78, 5) is 29.8. The van der Waals surface area contributed by atoms with E-state index >= 15 is 0 Å². The first kappa shape index (κ1) is 15.3. The van der Waals surface area contributed by atoms with Gasteiger partial charge in [0.1, 0.15) is 11.5 Å². The molecule has 2 bridgehead atoms. The van der Waals surface area contributed by atoms with E-state index < -0.39 is 0 Å². The zero-order valence-electron chi connectivity index (χ0n) is 13.9. The monoisotopic (exact) mass is 326 g/mol. The predicted octanol–water partition coefficient (Wildman–Crippen LogP) is 0.947. The molecular formula is C17H22N6O. The SMILES string of the molecule is Cn1ccnc1CN1C[C@H]2CC[C@@H]1CN(C(=O)c1cnccn1)C2. The number of carbonyl (C=O) groups is 1. The van der Waals surface area contributed by atoms with Crippen molar-refractivity contribution in [3.63, 3.8) is 0 Å². The maximum Gasteiger partial charge on any atom is 0.274 e. The van der Waals surface area contributed by atoms with Gasteiger partial charge in [-0.3, -0.25) is 14.7 Å². The van der Waals surface area contributed by atoms with E-state index in [2.05, 4.69) is 24.4 Å². The molecule has 2 atom stereocenters. The topological polar surface area (TPSA) is 67.2 Å². The highest BCUT2D eigenvalue weighted by molar-refractivity contribution is 5.92. The summed E-state index contributed by atoms with van der Waals surface area (Å²) in [5.41, 5.74) is 0.439. The number of carbonyl (C=O) groups excluding carboxylic acids is 1. The molecule has 126 valence electrons. The molecule has 0 unspecified atom stereocenters. The number of piperidine rings is 1. The van der Waals surface area contributed by atoms with E-state index in [0.717, 1.165) is 38.4 Å². The number of rotatable bonds is 3. The molecule has 0 aromatic carbocycles. The molecule has 0 radical (unpaired) electrons. The normalized spacial score (nSPS) is 24.1. The van der Waals surface area contributed by atoms with E-state index in [1.54, 1.807) is 18.6 Å². The lowest BCUT2D eigenvalue weighted by molar-refractivity contribution is 0.0728. The number of imidazole rings is 1. The Balaban J connectivity index is 1.50. The van der Waals surface area contributed by atoms with Gasteiger partial charge in [-0.25, -0.2) is 9.97 Å². The van der Waals surface area contributed by atoms with Gasteiger partial charge in [0.05, 0.1) is 12.7 Å². The zero-order valence-corrected chi connectivity index (χ0v) is 13.9. The van der Waals surface area contributed by atoms with Crippen molar-refractivity contribution in [2.75, 3.05) is 19.6 Å². The van der Waals surface area contributed by atoms with Crippen LogP contribution in [0.25, 0.3) is 0 Å². The van der Waals surface area contributed by atoms with Gasteiger partial charge in [0, 0.05) is 57.5 Å². The highest BCUT2D eigenvalue weighted by atomic mass is 16.2. The second kappa shape index (κ2) is 6.32. The van der Waals surface area contributed by atoms with E-state index in [1.165, 1.54) is 6.42 Å². The quantitative estimate of drug-likeness (QED) is 0.840. The summed E-state index contributed by atoms with van der Waals surface area (Å²) in [5, 5.41) is 0. The van der Waals surface area contributed by atoms with Gasteiger partial charge in [0.15, 0.2) is 0 Å². The Labute approximate surface area is 141 Å². The lowest BCUT2D eigenvalue weighted by Crippen LogP contribution is -2.44. The minimum atomic E-state index is -0.00107. The first-order valence-electron chi connectivity index (χ1n) is 8.46. The van der Waals surface area contributed by atoms with Crippen molar-refractivity contribution >= 4 is 5.91 Å². The van der Waals surface area contributed by atoms with Gasteiger partial charge in [-0.2, -0.15) is 0 Å². The van der Waals surface area contributed by atoms with Gasteiger partial charge in [0.25, 0.3) is 5.91 Å². The summed E-state index contributed by atoms with van der Waals surface area (Å²) in [6, 6.07) is 0.390. The smallest absolute Gasteiger partial charge is 0.274 e. The Bertz CT molecular complexity index is 715. The van der Waals surface area contributed by atoms with Gasteiger partial charge >= 0.3 is 0 Å². The van der Waals surface area contributed by atoms with Crippen LogP contribution in [0.3, 0.4) is 0 Å². The fourth-order valence-corrected chi connectivity index (χ4v) is 3.84. The van der Waals surface area contributed by atoms with Crippen LogP contribution in [0.2, 0.25) is 0 Å². The summed E-state index contributed by atoms with van der Waals surface area (Å²) in [5.74, 6) is 1.60. The fourth-order valence-electron chi connectivity index (χ4n) is 3.84. The number of aryl methyl sites for hydroxylation is 1. The number of fused-ring (bicyclic) bond motifs is 4. The lowest BCUT2D eigenvalue weighted by atomic mass is 9.95. The molecule has 3 fully saturated rings. The molecule has 0 spiro atoms. The Morgan fingerprint density at radius 1 is 1.17 bits per heavy atom. The zero-order chi connectivity index (χ0) is 16.5. The van der Waals surface area contributed by atoms with Gasteiger partial charge in [-0.15, -0.1) is 0 Å². The first-order chi connectivity index (χ1) is 11.7. The average molecular weight is 326 g/mol. The Kier molecular flexibility index (Phi) is 4.02. The van der Waals surface area contributed by atoms with Crippen molar-refractivity contribution in [1.82, 2.24) is 29.3 Å². The van der Waals surface area contributed by atoms with E-state index in [1.807, 2.05) is 24.3 Å². The third-order valence-corrected chi connectivity index (χ3v) is 5.16. The Morgan fingerprint density at radius 3 is 2.83 bits per heavy atom. The number of hydrogen-bond acceptors (Lipinski definition) is 5. The van der Waals surface area contributed by atoms with E-state index in [-0.39, 0.29) is 5.91 Å². The summed E-state index contributed by atoms with van der Waals surface area (Å²) in [6.45, 7) is 3.44. The fraction of sp³-hybridized carbons (Fsp3) is 0.529. The van der Waals surface area contributed by atoms with Crippen LogP contribution in [0.1, 0.15) is 29.2 Å². The number of hydrogen-bond donors (Lipinski definition) is 0. The van der Waals surface area contributed by atoms with Crippen molar-refractivity contribution < 1.29 is 4.79 Å². The van der Waals surface area contributed by atoms with E-state index in [4.69, 9.17) is 0 Å². The van der Waals surface area contributed by atoms with Crippen LogP contribution in [-0.2, 0) is 13.6 Å². The summed E-state index contributed by atoms with van der Waals surface area (Å²) in [6.07, 6.45) is 10.9. The Morgan fingerprint density at radius 2 is 2.08 bits per heavy atom. The highest BCUT2D eigenvalue weighted by Crippen LogP contribution is 2.29. The molecule has 7 nitrogen and oxygen atoms in total. The molecule has 5 rings (SSSR count). The lowest BCUT2D eigenvalue weighted by Gasteiger charge is -2.35. The standard InChI is InChI=1S/C17H22N6O/c1-21-7-6-20-16(21)12-22-9-13-2-3-14(22)11-23(10-13)17(24)15-8-18-4-5-19-15/h4-8,13-14H,2-3,9-12H2,1H3/t13-,14-/m1/s1. The molecule has 3 aliphatic rings. The molecule has 3 aliphatic heterocycles. The minimum absolute atomic E-state index is 0.00107. The maximum absolute atomic E-state index is 12.7. The van der Waals surface area contributed by atoms with Crippen LogP contribution >= 0.6 is 0 Å². The van der Waals surface area contributed by atoms with Crippen LogP contribution in [0.15, 0.2) is 31.0 Å². The van der Waals surface area contributed by atoms with Gasteiger partial charge in [-0.1, -0.05) is 0 Å². The molecule has 5 heterocycles. The second-order valence-electron chi connectivity index (χ2n) is 6.78. The van der Waals surface area contributed by atoms with Crippen LogP contribution in [-0.4, -0.2) is 60.9 Å². The first-order valence-corrected chi connectivity index (χ1v) is 8.46. The van der Waals surface area contributed by atoms with Crippen molar-refractivity contribution in [3.8, 4) is 0 Å². The van der Waals surface area contributed by atoms with Gasteiger partial charge in [-0.05, 0) is 18.8 Å². The second-order valence-corrected chi connectivity index (χ2v) is 6.78. The third kappa shape index (κ3) is 2.91. The van der Waals surface area contributed by atoms with Crippen LogP contribution in [0.4, 0.5) is 0 Å². The largest absolute Gasteiger partial charge is 0.337 e. The number of nitrogens with zero attached hydrogens (tertiary/aromatic N) is 6. The molecular weight excluding hydrogens is 304 g/mol. The van der Waals surface area contributed by atoms with Crippen molar-refractivity contribution in [3.05, 3.63) is 42.5 Å².